The number of unbranched alkanes of at least 4 members (excludes halogenated alkanes) is 1. The van der Waals surface area contributed by atoms with Gasteiger partial charge in [0.05, 0.1) is 0 Å². The number of carboxylic acids is 1. The van der Waals surface area contributed by atoms with Crippen LogP contribution in [-0.2, 0) is 6.54 Å². The van der Waals surface area contributed by atoms with Crippen molar-refractivity contribution in [3.05, 3.63) is 34.5 Å². The molecule has 0 aliphatic rings. The van der Waals surface area contributed by atoms with Gasteiger partial charge in [0.15, 0.2) is 0 Å². The summed E-state index contributed by atoms with van der Waals surface area (Å²) >= 11 is 1.15. The van der Waals surface area contributed by atoms with Gasteiger partial charge in [-0.2, -0.15) is 0 Å². The zero-order chi connectivity index (χ0) is 14.7. The predicted molar refractivity (Wildman–Crippen MR) is 80.0 cm³/mol. The van der Waals surface area contributed by atoms with Crippen LogP contribution in [-0.4, -0.2) is 29.6 Å². The summed E-state index contributed by atoms with van der Waals surface area (Å²) in [6.45, 7) is 3.44. The average Bonchev–Trinajstić information content (AvgIpc) is 2.77. The Balaban J connectivity index is 2.43. The summed E-state index contributed by atoms with van der Waals surface area (Å²) in [7, 11) is 1.94. The Hall–Kier alpha value is -1.46. The minimum Gasteiger partial charge on any atom is -0.477 e. The fraction of sp³-hybridized carbons (Fsp3) is 0.400. The van der Waals surface area contributed by atoms with Gasteiger partial charge in [0.2, 0.25) is 0 Å². The quantitative estimate of drug-likeness (QED) is 0.876. The van der Waals surface area contributed by atoms with Crippen molar-refractivity contribution in [2.24, 2.45) is 0 Å². The molecule has 0 spiro atoms. The second-order valence-electron chi connectivity index (χ2n) is 4.92. The van der Waals surface area contributed by atoms with Crippen LogP contribution in [0, 0.1) is 5.82 Å². The van der Waals surface area contributed by atoms with E-state index in [-0.39, 0.29) is 10.7 Å². The lowest BCUT2D eigenvalue weighted by Gasteiger charge is -2.16. The lowest BCUT2D eigenvalue weighted by atomic mass is 10.1. The molecule has 5 heteroatoms. The van der Waals surface area contributed by atoms with E-state index in [1.165, 1.54) is 6.07 Å². The Morgan fingerprint density at radius 1 is 1.45 bits per heavy atom. The summed E-state index contributed by atoms with van der Waals surface area (Å²) in [5.74, 6) is -1.32. The zero-order valence-electron chi connectivity index (χ0n) is 11.6. The summed E-state index contributed by atoms with van der Waals surface area (Å²) < 4.78 is 14.7. The van der Waals surface area contributed by atoms with Gasteiger partial charge in [0.1, 0.15) is 10.7 Å². The van der Waals surface area contributed by atoms with E-state index < -0.39 is 5.97 Å². The largest absolute Gasteiger partial charge is 0.477 e. The topological polar surface area (TPSA) is 40.5 Å². The Labute approximate surface area is 121 Å². The van der Waals surface area contributed by atoms with E-state index in [2.05, 4.69) is 6.92 Å². The van der Waals surface area contributed by atoms with Gasteiger partial charge in [-0.25, -0.2) is 9.18 Å². The highest BCUT2D eigenvalue weighted by Gasteiger charge is 2.20. The molecule has 2 rings (SSSR count). The standard InChI is InChI=1S/C15H18FNO2S/c1-3-4-8-17(2)9-10-13-11(16)6-5-7-12(13)20-14(10)15(18)19/h5-7H,3-4,8-9H2,1-2H3,(H,18,19). The highest BCUT2D eigenvalue weighted by Crippen LogP contribution is 2.34. The van der Waals surface area contributed by atoms with Crippen molar-refractivity contribution < 1.29 is 14.3 Å². The van der Waals surface area contributed by atoms with Gasteiger partial charge in [0, 0.05) is 22.2 Å². The van der Waals surface area contributed by atoms with Gasteiger partial charge in [-0.15, -0.1) is 11.3 Å². The maximum absolute atomic E-state index is 14.0. The van der Waals surface area contributed by atoms with Crippen LogP contribution in [0.15, 0.2) is 18.2 Å². The maximum Gasteiger partial charge on any atom is 0.346 e. The first-order valence-corrected chi connectivity index (χ1v) is 7.48. The van der Waals surface area contributed by atoms with Gasteiger partial charge < -0.3 is 10.0 Å². The van der Waals surface area contributed by atoms with Crippen molar-refractivity contribution >= 4 is 27.4 Å². The Morgan fingerprint density at radius 2 is 2.20 bits per heavy atom. The van der Waals surface area contributed by atoms with Crippen molar-refractivity contribution in [2.45, 2.75) is 26.3 Å². The molecular formula is C15H18FNO2S. The highest BCUT2D eigenvalue weighted by atomic mass is 32.1. The molecule has 3 nitrogen and oxygen atoms in total. The number of carbonyl (C=O) groups is 1. The molecule has 1 aromatic carbocycles. The Morgan fingerprint density at radius 3 is 2.85 bits per heavy atom. The highest BCUT2D eigenvalue weighted by molar-refractivity contribution is 7.21. The summed E-state index contributed by atoms with van der Waals surface area (Å²) in [4.78, 5) is 13.7. The van der Waals surface area contributed by atoms with E-state index >= 15 is 0 Å². The van der Waals surface area contributed by atoms with Crippen LogP contribution in [0.4, 0.5) is 4.39 Å². The number of fused-ring (bicyclic) bond motifs is 1. The zero-order valence-corrected chi connectivity index (χ0v) is 12.5. The van der Waals surface area contributed by atoms with E-state index in [0.29, 0.717) is 22.2 Å². The van der Waals surface area contributed by atoms with Crippen LogP contribution < -0.4 is 0 Å². The fourth-order valence-corrected chi connectivity index (χ4v) is 3.33. The fourth-order valence-electron chi connectivity index (χ4n) is 2.27. The van der Waals surface area contributed by atoms with Gasteiger partial charge in [-0.3, -0.25) is 0 Å². The van der Waals surface area contributed by atoms with Gasteiger partial charge >= 0.3 is 5.97 Å². The van der Waals surface area contributed by atoms with Gasteiger partial charge in [-0.05, 0) is 32.1 Å². The Bertz CT molecular complexity index is 624. The molecule has 0 fully saturated rings. The predicted octanol–water partition coefficient (Wildman–Crippen LogP) is 3.97. The lowest BCUT2D eigenvalue weighted by molar-refractivity contribution is 0.0700. The Kier molecular flexibility index (Phi) is 4.73. The number of carboxylic acid groups (broad SMARTS) is 1. The molecule has 0 unspecified atom stereocenters. The summed E-state index contributed by atoms with van der Waals surface area (Å²) in [5.41, 5.74) is 0.592. The molecule has 0 amide bonds. The number of thiophene rings is 1. The minimum absolute atomic E-state index is 0.244. The number of hydrogen-bond donors (Lipinski definition) is 1. The van der Waals surface area contributed by atoms with Crippen LogP contribution in [0.2, 0.25) is 0 Å². The molecule has 0 saturated heterocycles. The third-order valence-corrected chi connectivity index (χ3v) is 4.46. The lowest BCUT2D eigenvalue weighted by Crippen LogP contribution is -2.20. The molecule has 20 heavy (non-hydrogen) atoms. The monoisotopic (exact) mass is 295 g/mol. The third-order valence-electron chi connectivity index (χ3n) is 3.28. The van der Waals surface area contributed by atoms with Crippen LogP contribution in [0.3, 0.4) is 0 Å². The normalized spacial score (nSPS) is 11.4. The molecule has 0 aliphatic heterocycles. The van der Waals surface area contributed by atoms with Crippen molar-refractivity contribution in [3.63, 3.8) is 0 Å². The third kappa shape index (κ3) is 2.99. The van der Waals surface area contributed by atoms with E-state index in [9.17, 15) is 14.3 Å². The second kappa shape index (κ2) is 6.33. The molecular weight excluding hydrogens is 277 g/mol. The van der Waals surface area contributed by atoms with Crippen molar-refractivity contribution in [1.82, 2.24) is 4.90 Å². The molecule has 0 atom stereocenters. The average molecular weight is 295 g/mol. The molecule has 108 valence electrons. The van der Waals surface area contributed by atoms with E-state index in [1.54, 1.807) is 12.1 Å². The number of aromatic carboxylic acids is 1. The molecule has 0 radical (unpaired) electrons. The molecule has 0 aliphatic carbocycles. The summed E-state index contributed by atoms with van der Waals surface area (Å²) in [6, 6.07) is 4.77. The molecule has 1 heterocycles. The first kappa shape index (κ1) is 14.9. The van der Waals surface area contributed by atoms with Crippen LogP contribution in [0.25, 0.3) is 10.1 Å². The van der Waals surface area contributed by atoms with Crippen molar-refractivity contribution in [1.29, 1.82) is 0 Å². The molecule has 1 aromatic heterocycles. The number of halogens is 1. The summed E-state index contributed by atoms with van der Waals surface area (Å²) in [6.07, 6.45) is 2.12. The van der Waals surface area contributed by atoms with E-state index in [0.717, 1.165) is 30.7 Å². The molecule has 0 saturated carbocycles. The SMILES string of the molecule is CCCCN(C)Cc1c(C(=O)O)sc2cccc(F)c12. The van der Waals surface area contributed by atoms with E-state index in [1.807, 2.05) is 11.9 Å². The molecule has 1 N–H and O–H groups in total. The van der Waals surface area contributed by atoms with Gasteiger partial charge in [0.25, 0.3) is 0 Å². The smallest absolute Gasteiger partial charge is 0.346 e. The minimum atomic E-state index is -0.982. The van der Waals surface area contributed by atoms with E-state index in [4.69, 9.17) is 0 Å². The number of nitrogens with zero attached hydrogens (tertiary/aromatic N) is 1. The molecule has 2 aromatic rings. The first-order chi connectivity index (χ1) is 9.54. The van der Waals surface area contributed by atoms with Gasteiger partial charge in [-0.1, -0.05) is 19.4 Å². The summed E-state index contributed by atoms with van der Waals surface area (Å²) in [5, 5.41) is 9.77. The number of benzene rings is 1. The number of hydrogen-bond acceptors (Lipinski definition) is 3. The van der Waals surface area contributed by atoms with Crippen LogP contribution in [0.5, 0.6) is 0 Å². The maximum atomic E-state index is 14.0. The van der Waals surface area contributed by atoms with Crippen LogP contribution in [0.1, 0.15) is 35.0 Å². The van der Waals surface area contributed by atoms with Crippen LogP contribution >= 0.6 is 11.3 Å². The van der Waals surface area contributed by atoms with Crippen molar-refractivity contribution in [3.8, 4) is 0 Å². The second-order valence-corrected chi connectivity index (χ2v) is 5.97. The molecule has 0 bridgehead atoms. The number of rotatable bonds is 6. The first-order valence-electron chi connectivity index (χ1n) is 6.66. The van der Waals surface area contributed by atoms with Crippen molar-refractivity contribution in [2.75, 3.05) is 13.6 Å².